The van der Waals surface area contributed by atoms with Crippen LogP contribution < -0.4 is 0 Å². The summed E-state index contributed by atoms with van der Waals surface area (Å²) in [4.78, 5) is 24.8. The highest BCUT2D eigenvalue weighted by atomic mass is 16.6. The molecular formula is C15H26O4. The lowest BCUT2D eigenvalue weighted by molar-refractivity contribution is -0.181. The van der Waals surface area contributed by atoms with Crippen molar-refractivity contribution >= 4 is 11.9 Å². The molecule has 0 aromatic heterocycles. The zero-order valence-electron chi connectivity index (χ0n) is 12.7. The fraction of sp³-hybridized carbons (Fsp3) is 0.733. The molecule has 0 heterocycles. The number of carbonyl (C=O) groups is 2. The van der Waals surface area contributed by atoms with Crippen LogP contribution in [0.5, 0.6) is 0 Å². The van der Waals surface area contributed by atoms with E-state index in [4.69, 9.17) is 9.47 Å². The number of hydrogen-bond donors (Lipinski definition) is 0. The van der Waals surface area contributed by atoms with Gasteiger partial charge in [-0.2, -0.15) is 0 Å². The van der Waals surface area contributed by atoms with Gasteiger partial charge in [0.25, 0.3) is 0 Å². The van der Waals surface area contributed by atoms with Crippen LogP contribution in [0.25, 0.3) is 0 Å². The molecule has 0 N–H and O–H groups in total. The van der Waals surface area contributed by atoms with E-state index in [-0.39, 0.29) is 13.2 Å². The summed E-state index contributed by atoms with van der Waals surface area (Å²) in [5.41, 5.74) is -2.02. The Morgan fingerprint density at radius 3 is 1.63 bits per heavy atom. The fourth-order valence-electron chi connectivity index (χ4n) is 2.37. The van der Waals surface area contributed by atoms with Crippen LogP contribution in [0.2, 0.25) is 0 Å². The van der Waals surface area contributed by atoms with Crippen LogP contribution in [0, 0.1) is 10.8 Å². The van der Waals surface area contributed by atoms with Gasteiger partial charge in [0.05, 0.1) is 13.2 Å². The normalized spacial score (nSPS) is 14.4. The predicted octanol–water partition coefficient (Wildman–Crippen LogP) is 3.11. The van der Waals surface area contributed by atoms with Crippen molar-refractivity contribution in [3.05, 3.63) is 12.7 Å². The van der Waals surface area contributed by atoms with E-state index in [1.54, 1.807) is 26.8 Å². The van der Waals surface area contributed by atoms with Gasteiger partial charge in [-0.05, 0) is 26.7 Å². The Hall–Kier alpha value is -1.32. The summed E-state index contributed by atoms with van der Waals surface area (Å²) in [5.74, 6) is -1.06. The van der Waals surface area contributed by atoms with E-state index in [0.29, 0.717) is 12.8 Å². The first-order chi connectivity index (χ1) is 8.89. The summed E-state index contributed by atoms with van der Waals surface area (Å²) in [6, 6.07) is 0. The zero-order chi connectivity index (χ0) is 15.1. The van der Waals surface area contributed by atoms with Gasteiger partial charge >= 0.3 is 11.9 Å². The molecule has 110 valence electrons. The molecule has 0 spiro atoms. The molecule has 0 radical (unpaired) electrons. The first-order valence-electron chi connectivity index (χ1n) is 6.88. The monoisotopic (exact) mass is 270 g/mol. The molecule has 0 aromatic rings. The molecule has 0 bridgehead atoms. The molecular weight excluding hydrogens is 244 g/mol. The molecule has 0 saturated carbocycles. The maximum absolute atomic E-state index is 12.4. The molecule has 0 amide bonds. The Labute approximate surface area is 116 Å². The lowest BCUT2D eigenvalue weighted by atomic mass is 9.61. The van der Waals surface area contributed by atoms with E-state index in [2.05, 4.69) is 6.58 Å². The molecule has 0 aliphatic carbocycles. The lowest BCUT2D eigenvalue weighted by Gasteiger charge is -2.41. The van der Waals surface area contributed by atoms with E-state index < -0.39 is 22.8 Å². The van der Waals surface area contributed by atoms with Crippen molar-refractivity contribution in [1.29, 1.82) is 0 Å². The van der Waals surface area contributed by atoms with Crippen molar-refractivity contribution < 1.29 is 19.1 Å². The van der Waals surface area contributed by atoms with Gasteiger partial charge in [-0.3, -0.25) is 9.59 Å². The van der Waals surface area contributed by atoms with Gasteiger partial charge in [-0.25, -0.2) is 0 Å². The van der Waals surface area contributed by atoms with Crippen molar-refractivity contribution in [2.75, 3.05) is 13.2 Å². The fourth-order valence-corrected chi connectivity index (χ4v) is 2.37. The highest BCUT2D eigenvalue weighted by molar-refractivity contribution is 6.01. The van der Waals surface area contributed by atoms with E-state index in [0.717, 1.165) is 0 Å². The van der Waals surface area contributed by atoms with Crippen LogP contribution in [0.1, 0.15) is 47.5 Å². The van der Waals surface area contributed by atoms with Crippen molar-refractivity contribution in [3.63, 3.8) is 0 Å². The first-order valence-corrected chi connectivity index (χ1v) is 6.88. The maximum Gasteiger partial charge on any atom is 0.324 e. The maximum atomic E-state index is 12.4. The smallest absolute Gasteiger partial charge is 0.324 e. The Morgan fingerprint density at radius 2 is 1.42 bits per heavy atom. The zero-order valence-corrected chi connectivity index (χ0v) is 12.7. The number of allylic oxidation sites excluding steroid dienone is 1. The summed E-state index contributed by atoms with van der Waals surface area (Å²) in [7, 11) is 0. The third kappa shape index (κ3) is 2.99. The van der Waals surface area contributed by atoms with Crippen molar-refractivity contribution in [2.45, 2.75) is 47.5 Å². The predicted molar refractivity (Wildman–Crippen MR) is 74.6 cm³/mol. The van der Waals surface area contributed by atoms with E-state index in [9.17, 15) is 9.59 Å². The SMILES string of the molecule is C=CC(C)(CC)C(CC)(C(=O)OCC)C(=O)OCC. The molecule has 19 heavy (non-hydrogen) atoms. The van der Waals surface area contributed by atoms with E-state index in [1.807, 2.05) is 13.8 Å². The van der Waals surface area contributed by atoms with Crippen LogP contribution in [-0.2, 0) is 19.1 Å². The highest BCUT2D eigenvalue weighted by Crippen LogP contribution is 2.47. The van der Waals surface area contributed by atoms with Crippen LogP contribution in [-0.4, -0.2) is 25.2 Å². The van der Waals surface area contributed by atoms with Gasteiger partial charge in [0.1, 0.15) is 0 Å². The molecule has 4 heteroatoms. The van der Waals surface area contributed by atoms with Gasteiger partial charge in [0.2, 0.25) is 0 Å². The second-order valence-corrected chi connectivity index (χ2v) is 4.67. The lowest BCUT2D eigenvalue weighted by Crippen LogP contribution is -2.52. The van der Waals surface area contributed by atoms with Gasteiger partial charge in [-0.1, -0.05) is 26.8 Å². The van der Waals surface area contributed by atoms with Crippen LogP contribution >= 0.6 is 0 Å². The molecule has 1 unspecified atom stereocenters. The summed E-state index contributed by atoms with van der Waals surface area (Å²) in [6.45, 7) is 13.3. The van der Waals surface area contributed by atoms with Crippen LogP contribution in [0.3, 0.4) is 0 Å². The Bertz CT molecular complexity index is 317. The van der Waals surface area contributed by atoms with Gasteiger partial charge < -0.3 is 9.47 Å². The number of hydrogen-bond acceptors (Lipinski definition) is 4. The van der Waals surface area contributed by atoms with Gasteiger partial charge in [0.15, 0.2) is 5.41 Å². The second kappa shape index (κ2) is 7.31. The van der Waals surface area contributed by atoms with Gasteiger partial charge in [0, 0.05) is 5.41 Å². The minimum atomic E-state index is -1.32. The quantitative estimate of drug-likeness (QED) is 0.386. The number of ether oxygens (including phenoxy) is 2. The Balaban J connectivity index is 5.86. The third-order valence-corrected chi connectivity index (χ3v) is 3.94. The average molecular weight is 270 g/mol. The minimum Gasteiger partial charge on any atom is -0.465 e. The molecule has 1 atom stereocenters. The van der Waals surface area contributed by atoms with E-state index in [1.165, 1.54) is 0 Å². The third-order valence-electron chi connectivity index (χ3n) is 3.94. The first kappa shape index (κ1) is 17.7. The van der Waals surface area contributed by atoms with Crippen molar-refractivity contribution in [1.82, 2.24) is 0 Å². The summed E-state index contributed by atoms with van der Waals surface area (Å²) in [5, 5.41) is 0. The average Bonchev–Trinajstić information content (AvgIpc) is 2.40. The van der Waals surface area contributed by atoms with Crippen molar-refractivity contribution in [2.24, 2.45) is 10.8 Å². The highest BCUT2D eigenvalue weighted by Gasteiger charge is 2.58. The largest absolute Gasteiger partial charge is 0.465 e. The Morgan fingerprint density at radius 1 is 1.00 bits per heavy atom. The topological polar surface area (TPSA) is 52.6 Å². The van der Waals surface area contributed by atoms with Gasteiger partial charge in [-0.15, -0.1) is 6.58 Å². The molecule has 0 aliphatic rings. The molecule has 0 saturated heterocycles. The Kier molecular flexibility index (Phi) is 6.81. The summed E-state index contributed by atoms with van der Waals surface area (Å²) < 4.78 is 10.3. The van der Waals surface area contributed by atoms with Crippen LogP contribution in [0.4, 0.5) is 0 Å². The standard InChI is InChI=1S/C15H26O4/c1-7-14(6,8-2)15(9-3,12(16)18-10-4)13(17)19-11-5/h7H,1,8-11H2,2-6H3. The number of carbonyl (C=O) groups excluding carboxylic acids is 2. The van der Waals surface area contributed by atoms with E-state index >= 15 is 0 Å². The van der Waals surface area contributed by atoms with Crippen LogP contribution in [0.15, 0.2) is 12.7 Å². The molecule has 0 aliphatic heterocycles. The second-order valence-electron chi connectivity index (χ2n) is 4.67. The number of rotatable bonds is 8. The summed E-state index contributed by atoms with van der Waals surface area (Å²) >= 11 is 0. The molecule has 0 rings (SSSR count). The summed E-state index contributed by atoms with van der Waals surface area (Å²) in [6.07, 6.45) is 2.58. The number of esters is 2. The molecule has 0 fully saturated rings. The minimum absolute atomic E-state index is 0.233. The molecule has 0 aromatic carbocycles. The van der Waals surface area contributed by atoms with Crippen molar-refractivity contribution in [3.8, 4) is 0 Å². The molecule has 4 nitrogen and oxygen atoms in total.